The summed E-state index contributed by atoms with van der Waals surface area (Å²) in [5, 5.41) is 20.6. The predicted molar refractivity (Wildman–Crippen MR) is 53.3 cm³/mol. The molecule has 0 radical (unpaired) electrons. The Morgan fingerprint density at radius 3 is 2.79 bits per heavy atom. The second kappa shape index (κ2) is 3.22. The van der Waals surface area contributed by atoms with Gasteiger partial charge in [0.05, 0.1) is 22.9 Å². The van der Waals surface area contributed by atoms with Crippen LogP contribution in [-0.2, 0) is 0 Å². The molecule has 1 heterocycles. The number of nitrogens with zero attached hydrogens (tertiary/aromatic N) is 2. The van der Waals surface area contributed by atoms with E-state index in [1.54, 1.807) is 12.1 Å². The first-order chi connectivity index (χ1) is 6.74. The molecule has 1 aromatic carbocycles. The molecule has 2 rings (SSSR count). The molecule has 0 saturated heterocycles. The van der Waals surface area contributed by atoms with Gasteiger partial charge >= 0.3 is 0 Å². The molecule has 1 aliphatic heterocycles. The van der Waals surface area contributed by atoms with Crippen LogP contribution < -0.4 is 11.1 Å². The zero-order chi connectivity index (χ0) is 10.1. The maximum absolute atomic E-state index is 8.86. The van der Waals surface area contributed by atoms with E-state index in [2.05, 4.69) is 5.32 Å². The monoisotopic (exact) mass is 202 g/mol. The summed E-state index contributed by atoms with van der Waals surface area (Å²) in [5.74, 6) is 0. The molecule has 0 bridgehead atoms. The molecule has 0 fully saturated rings. The van der Waals surface area contributed by atoms with Gasteiger partial charge in [-0.15, -0.1) is 0 Å². The maximum atomic E-state index is 8.86. The molecule has 3 N–H and O–H groups in total. The van der Waals surface area contributed by atoms with E-state index < -0.39 is 0 Å². The number of nitrogens with two attached hydrogens (primary N) is 1. The van der Waals surface area contributed by atoms with Crippen LogP contribution in [0.3, 0.4) is 0 Å². The highest BCUT2D eigenvalue weighted by atomic mass is 32.2. The normalized spacial score (nSPS) is 17.8. The van der Waals surface area contributed by atoms with Crippen molar-refractivity contribution in [2.75, 3.05) is 5.32 Å². The van der Waals surface area contributed by atoms with Crippen LogP contribution in [0, 0.1) is 22.7 Å². The Hall–Kier alpha value is -1.69. The molecule has 1 unspecified atom stereocenters. The molecular formula is C9H6N4S. The van der Waals surface area contributed by atoms with E-state index in [1.165, 1.54) is 11.8 Å². The SMILES string of the molecule is N#Cc1cc(C#N)c2c(c1)SC(N)N2. The second-order valence-electron chi connectivity index (χ2n) is 2.80. The van der Waals surface area contributed by atoms with Gasteiger partial charge in [0.1, 0.15) is 11.6 Å². The standard InChI is InChI=1S/C9H6N4S/c10-3-5-1-6(4-11)8-7(2-5)14-9(12)13-8/h1-2,9,13H,12H2. The van der Waals surface area contributed by atoms with Crippen LogP contribution in [0.5, 0.6) is 0 Å². The quantitative estimate of drug-likeness (QED) is 0.660. The van der Waals surface area contributed by atoms with Crippen molar-refractivity contribution in [3.05, 3.63) is 23.3 Å². The first-order valence-electron chi connectivity index (χ1n) is 3.91. The number of fused-ring (bicyclic) bond motifs is 1. The maximum Gasteiger partial charge on any atom is 0.127 e. The summed E-state index contributed by atoms with van der Waals surface area (Å²) >= 11 is 1.41. The third kappa shape index (κ3) is 1.29. The molecule has 4 nitrogen and oxygen atoms in total. The van der Waals surface area contributed by atoms with E-state index in [0.29, 0.717) is 11.1 Å². The Kier molecular flexibility index (Phi) is 2.05. The number of hydrogen-bond donors (Lipinski definition) is 2. The fraction of sp³-hybridized carbons (Fsp3) is 0.111. The highest BCUT2D eigenvalue weighted by molar-refractivity contribution is 8.00. The van der Waals surface area contributed by atoms with Gasteiger partial charge in [0.25, 0.3) is 0 Å². The number of benzene rings is 1. The van der Waals surface area contributed by atoms with E-state index >= 15 is 0 Å². The topological polar surface area (TPSA) is 85.6 Å². The van der Waals surface area contributed by atoms with Gasteiger partial charge < -0.3 is 11.1 Å². The smallest absolute Gasteiger partial charge is 0.127 e. The Morgan fingerprint density at radius 1 is 1.36 bits per heavy atom. The Balaban J connectivity index is 2.60. The van der Waals surface area contributed by atoms with E-state index in [4.69, 9.17) is 16.3 Å². The molecule has 1 atom stereocenters. The van der Waals surface area contributed by atoms with Gasteiger partial charge in [-0.05, 0) is 12.1 Å². The summed E-state index contributed by atoms with van der Waals surface area (Å²) in [5.41, 5.74) is 7.13. The summed E-state index contributed by atoms with van der Waals surface area (Å²) in [6.07, 6.45) is 0. The molecular weight excluding hydrogens is 196 g/mol. The largest absolute Gasteiger partial charge is 0.359 e. The molecule has 0 spiro atoms. The Bertz CT molecular complexity index is 469. The lowest BCUT2D eigenvalue weighted by atomic mass is 10.1. The lowest BCUT2D eigenvalue weighted by Gasteiger charge is -2.02. The van der Waals surface area contributed by atoms with E-state index in [-0.39, 0.29) is 5.50 Å². The molecule has 0 aliphatic carbocycles. The average molecular weight is 202 g/mol. The van der Waals surface area contributed by atoms with Crippen LogP contribution in [0.2, 0.25) is 0 Å². The molecule has 0 aromatic heterocycles. The van der Waals surface area contributed by atoms with E-state index in [0.717, 1.165) is 10.6 Å². The predicted octanol–water partition coefficient (Wildman–Crippen LogP) is 1.19. The van der Waals surface area contributed by atoms with Crippen molar-refractivity contribution < 1.29 is 0 Å². The lowest BCUT2D eigenvalue weighted by Crippen LogP contribution is -2.21. The van der Waals surface area contributed by atoms with Gasteiger partial charge in [-0.25, -0.2) is 0 Å². The summed E-state index contributed by atoms with van der Waals surface area (Å²) in [4.78, 5) is 0.869. The molecule has 0 amide bonds. The Morgan fingerprint density at radius 2 is 2.14 bits per heavy atom. The number of nitriles is 2. The van der Waals surface area contributed by atoms with E-state index in [9.17, 15) is 0 Å². The second-order valence-corrected chi connectivity index (χ2v) is 3.99. The number of anilines is 1. The van der Waals surface area contributed by atoms with Crippen molar-refractivity contribution in [2.24, 2.45) is 5.73 Å². The van der Waals surface area contributed by atoms with Crippen molar-refractivity contribution in [3.63, 3.8) is 0 Å². The van der Waals surface area contributed by atoms with Crippen LogP contribution in [0.4, 0.5) is 5.69 Å². The highest BCUT2D eigenvalue weighted by Crippen LogP contribution is 2.39. The van der Waals surface area contributed by atoms with Crippen molar-refractivity contribution in [2.45, 2.75) is 10.4 Å². The van der Waals surface area contributed by atoms with Crippen LogP contribution in [-0.4, -0.2) is 5.50 Å². The first-order valence-corrected chi connectivity index (χ1v) is 4.79. The number of nitrogens with one attached hydrogen (secondary N) is 1. The van der Waals surface area contributed by atoms with Gasteiger partial charge in [-0.3, -0.25) is 0 Å². The van der Waals surface area contributed by atoms with Crippen LogP contribution in [0.15, 0.2) is 17.0 Å². The van der Waals surface area contributed by atoms with Gasteiger partial charge in [0.15, 0.2) is 0 Å². The summed E-state index contributed by atoms with van der Waals surface area (Å²) < 4.78 is 0. The van der Waals surface area contributed by atoms with Crippen molar-refractivity contribution >= 4 is 17.4 Å². The fourth-order valence-electron chi connectivity index (χ4n) is 1.32. The number of hydrogen-bond acceptors (Lipinski definition) is 5. The van der Waals surface area contributed by atoms with Crippen LogP contribution in [0.1, 0.15) is 11.1 Å². The molecule has 1 aromatic rings. The minimum absolute atomic E-state index is 0.231. The third-order valence-corrected chi connectivity index (χ3v) is 2.84. The Labute approximate surface area is 85.3 Å². The molecule has 1 aliphatic rings. The zero-order valence-electron chi connectivity index (χ0n) is 7.11. The van der Waals surface area contributed by atoms with Crippen LogP contribution in [0.25, 0.3) is 0 Å². The third-order valence-electron chi connectivity index (χ3n) is 1.89. The lowest BCUT2D eigenvalue weighted by molar-refractivity contribution is 1.08. The van der Waals surface area contributed by atoms with Gasteiger partial charge in [0.2, 0.25) is 0 Å². The minimum Gasteiger partial charge on any atom is -0.359 e. The summed E-state index contributed by atoms with van der Waals surface area (Å²) in [6.45, 7) is 0. The number of rotatable bonds is 0. The minimum atomic E-state index is -0.231. The van der Waals surface area contributed by atoms with Gasteiger partial charge in [-0.1, -0.05) is 11.8 Å². The molecule has 5 heteroatoms. The average Bonchev–Trinajstić information content (AvgIpc) is 2.56. The first kappa shape index (κ1) is 8.89. The highest BCUT2D eigenvalue weighted by Gasteiger charge is 2.21. The van der Waals surface area contributed by atoms with E-state index in [1.807, 2.05) is 12.1 Å². The van der Waals surface area contributed by atoms with Crippen molar-refractivity contribution in [1.29, 1.82) is 10.5 Å². The zero-order valence-corrected chi connectivity index (χ0v) is 7.93. The molecule has 14 heavy (non-hydrogen) atoms. The van der Waals surface area contributed by atoms with Crippen molar-refractivity contribution in [1.82, 2.24) is 0 Å². The molecule has 0 saturated carbocycles. The van der Waals surface area contributed by atoms with Gasteiger partial charge in [0, 0.05) is 4.90 Å². The number of thioether (sulfide) groups is 1. The fourth-order valence-corrected chi connectivity index (χ4v) is 2.25. The van der Waals surface area contributed by atoms with Crippen LogP contribution >= 0.6 is 11.8 Å². The van der Waals surface area contributed by atoms with Crippen molar-refractivity contribution in [3.8, 4) is 12.1 Å². The summed E-state index contributed by atoms with van der Waals surface area (Å²) in [7, 11) is 0. The molecule has 68 valence electrons. The van der Waals surface area contributed by atoms with Gasteiger partial charge in [-0.2, -0.15) is 10.5 Å². The summed E-state index contributed by atoms with van der Waals surface area (Å²) in [6, 6.07) is 7.35.